The van der Waals surface area contributed by atoms with Crippen molar-refractivity contribution in [1.82, 2.24) is 14.8 Å². The van der Waals surface area contributed by atoms with E-state index in [9.17, 15) is 9.59 Å². The molecule has 0 unspecified atom stereocenters. The Morgan fingerprint density at radius 1 is 1.24 bits per heavy atom. The van der Waals surface area contributed by atoms with Gasteiger partial charge in [0.1, 0.15) is 0 Å². The molecular formula is C25H27ClN4O4. The van der Waals surface area contributed by atoms with Crippen LogP contribution in [0.1, 0.15) is 25.3 Å². The summed E-state index contributed by atoms with van der Waals surface area (Å²) in [5.41, 5.74) is 1.47. The third-order valence-electron chi connectivity index (χ3n) is 6.51. The van der Waals surface area contributed by atoms with Crippen molar-refractivity contribution in [2.45, 2.75) is 32.4 Å². The molecule has 0 spiro atoms. The molecular weight excluding hydrogens is 456 g/mol. The normalized spacial score (nSPS) is 17.3. The first-order chi connectivity index (χ1) is 16.5. The van der Waals surface area contributed by atoms with E-state index in [1.807, 2.05) is 24.3 Å². The highest BCUT2D eigenvalue weighted by atomic mass is 35.5. The second-order valence-electron chi connectivity index (χ2n) is 8.63. The number of amides is 2. The molecule has 2 aliphatic heterocycles. The zero-order valence-corrected chi connectivity index (χ0v) is 19.7. The zero-order valence-electron chi connectivity index (χ0n) is 19.0. The number of aromatic nitrogens is 1. The number of likely N-dealkylation sites (N-methyl/N-ethyl adjacent to an activating group) is 1. The third kappa shape index (κ3) is 4.56. The number of halogens is 1. The highest BCUT2D eigenvalue weighted by molar-refractivity contribution is 6.33. The minimum atomic E-state index is -0.291. The minimum Gasteiger partial charge on any atom is -0.454 e. The molecule has 1 fully saturated rings. The number of nitrogens with zero attached hydrogens (tertiary/aromatic N) is 2. The predicted molar refractivity (Wildman–Crippen MR) is 132 cm³/mol. The van der Waals surface area contributed by atoms with Crippen LogP contribution in [0.5, 0.6) is 11.5 Å². The molecule has 1 atom stereocenters. The van der Waals surface area contributed by atoms with Gasteiger partial charge in [0.25, 0.3) is 5.56 Å². The van der Waals surface area contributed by atoms with Crippen LogP contribution < -0.4 is 20.3 Å². The van der Waals surface area contributed by atoms with E-state index in [1.165, 1.54) is 0 Å². The second kappa shape index (κ2) is 9.56. The van der Waals surface area contributed by atoms with Crippen LogP contribution in [0.25, 0.3) is 10.9 Å². The van der Waals surface area contributed by atoms with Crippen LogP contribution in [0.2, 0.25) is 5.02 Å². The molecule has 0 bridgehead atoms. The molecule has 2 aromatic carbocycles. The topological polar surface area (TPSA) is 86.9 Å². The van der Waals surface area contributed by atoms with Gasteiger partial charge < -0.3 is 24.7 Å². The van der Waals surface area contributed by atoms with Gasteiger partial charge in [-0.3, -0.25) is 9.69 Å². The van der Waals surface area contributed by atoms with E-state index in [4.69, 9.17) is 21.1 Å². The molecule has 2 N–H and O–H groups in total. The van der Waals surface area contributed by atoms with E-state index >= 15 is 0 Å². The molecule has 2 aliphatic rings. The van der Waals surface area contributed by atoms with Gasteiger partial charge in [-0.2, -0.15) is 0 Å². The summed E-state index contributed by atoms with van der Waals surface area (Å²) in [6.07, 6.45) is 2.11. The van der Waals surface area contributed by atoms with Gasteiger partial charge in [-0.05, 0) is 50.2 Å². The van der Waals surface area contributed by atoms with Crippen LogP contribution in [0.4, 0.5) is 10.5 Å². The van der Waals surface area contributed by atoms with Crippen molar-refractivity contribution in [2.24, 2.45) is 0 Å². The van der Waals surface area contributed by atoms with Crippen molar-refractivity contribution in [3.63, 3.8) is 0 Å². The fourth-order valence-corrected chi connectivity index (χ4v) is 4.90. The Morgan fingerprint density at radius 3 is 2.82 bits per heavy atom. The lowest BCUT2D eigenvalue weighted by molar-refractivity contribution is 0.174. The summed E-state index contributed by atoms with van der Waals surface area (Å²) in [5, 5.41) is 4.20. The number of hydrogen-bond acceptors (Lipinski definition) is 5. The zero-order chi connectivity index (χ0) is 23.7. The van der Waals surface area contributed by atoms with Crippen molar-refractivity contribution >= 4 is 34.2 Å². The number of fused-ring (bicyclic) bond motifs is 2. The number of urea groups is 1. The first-order valence-electron chi connectivity index (χ1n) is 11.5. The van der Waals surface area contributed by atoms with Gasteiger partial charge in [0.05, 0.1) is 22.8 Å². The number of H-pyrrole nitrogens is 1. The molecule has 0 radical (unpaired) electrons. The van der Waals surface area contributed by atoms with Gasteiger partial charge in [0, 0.05) is 29.6 Å². The van der Waals surface area contributed by atoms with Crippen LogP contribution in [-0.2, 0) is 6.54 Å². The highest BCUT2D eigenvalue weighted by Gasteiger charge is 2.28. The second-order valence-corrected chi connectivity index (χ2v) is 9.04. The number of carbonyl (C=O) groups is 1. The standard InChI is InChI=1S/C25H27ClN4O4/c1-2-29-9-5-6-18(29)14-30(25(32)28-20-8-4-3-7-19(20)26)13-17-10-16-11-22-23(34-15-33-22)12-21(16)27-24(17)31/h3-4,7-8,10-12,18H,2,5-6,9,13-15H2,1H3,(H,27,31)(H,28,32)/t18-/m1/s1. The Morgan fingerprint density at radius 2 is 2.03 bits per heavy atom. The first-order valence-corrected chi connectivity index (χ1v) is 11.9. The number of aromatic amines is 1. The van der Waals surface area contributed by atoms with Gasteiger partial charge in [-0.25, -0.2) is 4.79 Å². The lowest BCUT2D eigenvalue weighted by Crippen LogP contribution is -2.45. The van der Waals surface area contributed by atoms with Gasteiger partial charge >= 0.3 is 6.03 Å². The largest absolute Gasteiger partial charge is 0.454 e. The van der Waals surface area contributed by atoms with Crippen molar-refractivity contribution in [2.75, 3.05) is 31.7 Å². The quantitative estimate of drug-likeness (QED) is 0.542. The van der Waals surface area contributed by atoms with Crippen molar-refractivity contribution in [1.29, 1.82) is 0 Å². The summed E-state index contributed by atoms with van der Waals surface area (Å²) in [6, 6.07) is 12.5. The van der Waals surface area contributed by atoms with E-state index in [1.54, 1.807) is 23.1 Å². The van der Waals surface area contributed by atoms with E-state index in [-0.39, 0.29) is 31.0 Å². The molecule has 1 saturated heterocycles. The summed E-state index contributed by atoms with van der Waals surface area (Å²) in [7, 11) is 0. The molecule has 0 aliphatic carbocycles. The number of anilines is 1. The number of para-hydroxylation sites is 1. The van der Waals surface area contributed by atoms with Crippen LogP contribution in [0, 0.1) is 0 Å². The molecule has 34 heavy (non-hydrogen) atoms. The Hall–Kier alpha value is -3.23. The molecule has 2 amide bonds. The van der Waals surface area contributed by atoms with Crippen LogP contribution in [-0.4, -0.2) is 53.3 Å². The smallest absolute Gasteiger partial charge is 0.322 e. The average molecular weight is 483 g/mol. The highest BCUT2D eigenvalue weighted by Crippen LogP contribution is 2.35. The number of likely N-dealkylation sites (tertiary alicyclic amines) is 1. The van der Waals surface area contributed by atoms with E-state index in [0.717, 1.165) is 31.3 Å². The SMILES string of the molecule is CCN1CCC[C@@H]1CN(Cc1cc2cc3c(cc2[nH]c1=O)OCO3)C(=O)Nc1ccccc1Cl. The van der Waals surface area contributed by atoms with E-state index < -0.39 is 0 Å². The number of rotatable bonds is 6. The minimum absolute atomic E-state index is 0.161. The Kier molecular flexibility index (Phi) is 6.34. The number of pyridine rings is 1. The lowest BCUT2D eigenvalue weighted by Gasteiger charge is -2.30. The molecule has 0 saturated carbocycles. The number of ether oxygens (including phenoxy) is 2. The molecule has 9 heteroatoms. The maximum Gasteiger partial charge on any atom is 0.322 e. The summed E-state index contributed by atoms with van der Waals surface area (Å²) in [6.45, 7) is 4.92. The van der Waals surface area contributed by atoms with Crippen molar-refractivity contribution < 1.29 is 14.3 Å². The first kappa shape index (κ1) is 22.6. The number of benzene rings is 2. The number of nitrogens with one attached hydrogen (secondary N) is 2. The fraction of sp³-hybridized carbons (Fsp3) is 0.360. The van der Waals surface area contributed by atoms with E-state index in [2.05, 4.69) is 22.1 Å². The summed E-state index contributed by atoms with van der Waals surface area (Å²) in [4.78, 5) is 33.3. The Labute approximate surface area is 202 Å². The summed E-state index contributed by atoms with van der Waals surface area (Å²) < 4.78 is 10.9. The van der Waals surface area contributed by atoms with Gasteiger partial charge in [-0.15, -0.1) is 0 Å². The molecule has 3 aromatic rings. The summed E-state index contributed by atoms with van der Waals surface area (Å²) >= 11 is 6.27. The number of carbonyl (C=O) groups excluding carboxylic acids is 1. The lowest BCUT2D eigenvalue weighted by atomic mass is 10.1. The van der Waals surface area contributed by atoms with Crippen LogP contribution >= 0.6 is 11.6 Å². The molecule has 178 valence electrons. The van der Waals surface area contributed by atoms with Crippen molar-refractivity contribution in [3.05, 3.63) is 63.4 Å². The monoisotopic (exact) mass is 482 g/mol. The van der Waals surface area contributed by atoms with Crippen molar-refractivity contribution in [3.8, 4) is 11.5 Å². The Balaban J connectivity index is 1.44. The fourth-order valence-electron chi connectivity index (χ4n) is 4.71. The van der Waals surface area contributed by atoms with Gasteiger partial charge in [-0.1, -0.05) is 30.7 Å². The summed E-state index contributed by atoms with van der Waals surface area (Å²) in [5.74, 6) is 1.25. The average Bonchev–Trinajstić information content (AvgIpc) is 3.47. The third-order valence-corrected chi connectivity index (χ3v) is 6.84. The predicted octanol–water partition coefficient (Wildman–Crippen LogP) is 4.43. The molecule has 3 heterocycles. The maximum atomic E-state index is 13.4. The molecule has 8 nitrogen and oxygen atoms in total. The van der Waals surface area contributed by atoms with Gasteiger partial charge in [0.2, 0.25) is 6.79 Å². The maximum absolute atomic E-state index is 13.4. The number of hydrogen-bond donors (Lipinski definition) is 2. The molecule has 5 rings (SSSR count). The van der Waals surface area contributed by atoms with Gasteiger partial charge in [0.15, 0.2) is 11.5 Å². The Bertz CT molecular complexity index is 1280. The molecule has 1 aromatic heterocycles. The van der Waals surface area contributed by atoms with Crippen LogP contribution in [0.15, 0.2) is 47.3 Å². The van der Waals surface area contributed by atoms with E-state index in [0.29, 0.717) is 39.8 Å². The van der Waals surface area contributed by atoms with Crippen LogP contribution in [0.3, 0.4) is 0 Å².